The van der Waals surface area contributed by atoms with Gasteiger partial charge < -0.3 is 20.3 Å². The van der Waals surface area contributed by atoms with Gasteiger partial charge in [-0.1, -0.05) is 12.1 Å². The summed E-state index contributed by atoms with van der Waals surface area (Å²) < 4.78 is 5.85. The highest BCUT2D eigenvalue weighted by atomic mass is 79.9. The fraction of sp³-hybridized carbons (Fsp3) is 0.350. The monoisotopic (exact) mass is 475 g/mol. The smallest absolute Gasteiger partial charge is 0.309 e. The van der Waals surface area contributed by atoms with Crippen molar-refractivity contribution in [1.29, 1.82) is 0 Å². The maximum Gasteiger partial charge on any atom is 0.309 e. The van der Waals surface area contributed by atoms with Crippen LogP contribution in [0.5, 0.6) is 0 Å². The maximum atomic E-state index is 12.2. The molecule has 0 saturated carbocycles. The normalized spacial score (nSPS) is 14.1. The third-order valence-corrected chi connectivity index (χ3v) is 5.29. The van der Waals surface area contributed by atoms with Crippen molar-refractivity contribution in [1.82, 2.24) is 15.3 Å². The van der Waals surface area contributed by atoms with Gasteiger partial charge in [-0.15, -0.1) is 0 Å². The van der Waals surface area contributed by atoms with Crippen molar-refractivity contribution in [3.63, 3.8) is 0 Å². The van der Waals surface area contributed by atoms with Crippen LogP contribution in [0, 0.1) is 5.92 Å². The first kappa shape index (κ1) is 21.7. The Morgan fingerprint density at radius 1 is 1.07 bits per heavy atom. The van der Waals surface area contributed by atoms with E-state index in [2.05, 4.69) is 36.5 Å². The number of ether oxygens (including phenoxy) is 1. The number of amides is 2. The Morgan fingerprint density at radius 2 is 1.77 bits per heavy atom. The Balaban J connectivity index is 1.34. The van der Waals surface area contributed by atoms with Crippen LogP contribution in [0.2, 0.25) is 0 Å². The van der Waals surface area contributed by atoms with Crippen LogP contribution in [0.25, 0.3) is 0 Å². The molecule has 10 heteroatoms. The van der Waals surface area contributed by atoms with Crippen LogP contribution in [0.15, 0.2) is 47.2 Å². The van der Waals surface area contributed by atoms with Crippen LogP contribution < -0.4 is 15.5 Å². The number of halogens is 1. The number of nitrogens with one attached hydrogen (secondary N) is 2. The first-order valence-electron chi connectivity index (χ1n) is 9.52. The van der Waals surface area contributed by atoms with Crippen LogP contribution in [-0.4, -0.2) is 54.0 Å². The fourth-order valence-corrected chi connectivity index (χ4v) is 3.40. The average Bonchev–Trinajstić information content (AvgIpc) is 2.78. The summed E-state index contributed by atoms with van der Waals surface area (Å²) in [5.74, 6) is -0.935. The van der Waals surface area contributed by atoms with Gasteiger partial charge in [0.1, 0.15) is 0 Å². The minimum absolute atomic E-state index is 0.215. The molecule has 30 heavy (non-hydrogen) atoms. The van der Waals surface area contributed by atoms with Gasteiger partial charge in [0, 0.05) is 30.0 Å². The molecule has 2 heterocycles. The lowest BCUT2D eigenvalue weighted by atomic mass is 9.97. The molecule has 1 aliphatic heterocycles. The third kappa shape index (κ3) is 6.24. The number of rotatable bonds is 7. The second-order valence-corrected chi connectivity index (χ2v) is 7.58. The summed E-state index contributed by atoms with van der Waals surface area (Å²) in [6.07, 6.45) is 4.57. The number of esters is 1. The van der Waals surface area contributed by atoms with Crippen molar-refractivity contribution in [2.45, 2.75) is 12.8 Å². The van der Waals surface area contributed by atoms with Gasteiger partial charge in [0.15, 0.2) is 6.61 Å². The summed E-state index contributed by atoms with van der Waals surface area (Å²) in [7, 11) is 0. The zero-order chi connectivity index (χ0) is 21.3. The Hall–Kier alpha value is -3.01. The minimum atomic E-state index is -0.527. The predicted molar refractivity (Wildman–Crippen MR) is 114 cm³/mol. The van der Waals surface area contributed by atoms with E-state index in [1.807, 2.05) is 11.0 Å². The Bertz CT molecular complexity index is 888. The minimum Gasteiger partial charge on any atom is -0.455 e. The number of hydrogen-bond acceptors (Lipinski definition) is 7. The Kier molecular flexibility index (Phi) is 7.72. The van der Waals surface area contributed by atoms with Crippen molar-refractivity contribution in [3.8, 4) is 0 Å². The molecule has 1 fully saturated rings. The molecule has 2 aromatic rings. The number of benzene rings is 1. The molecule has 1 aliphatic rings. The quantitative estimate of drug-likeness (QED) is 0.586. The highest BCUT2D eigenvalue weighted by molar-refractivity contribution is 9.10. The fourth-order valence-electron chi connectivity index (χ4n) is 3.01. The number of carbonyl (C=O) groups excluding carboxylic acids is 3. The number of piperidine rings is 1. The molecule has 9 nitrogen and oxygen atoms in total. The molecule has 0 aliphatic carbocycles. The molecule has 1 saturated heterocycles. The number of anilines is 2. The van der Waals surface area contributed by atoms with E-state index in [9.17, 15) is 14.4 Å². The van der Waals surface area contributed by atoms with Gasteiger partial charge >= 0.3 is 5.97 Å². The SMILES string of the molecule is O=C(COC(=O)C1CCN(c2ncccn2)CC1)NCC(=O)Nc1ccccc1Br. The molecule has 0 spiro atoms. The molecule has 3 rings (SSSR count). The van der Waals surface area contributed by atoms with Gasteiger partial charge in [-0.3, -0.25) is 14.4 Å². The van der Waals surface area contributed by atoms with Crippen LogP contribution in [0.3, 0.4) is 0 Å². The average molecular weight is 476 g/mol. The topological polar surface area (TPSA) is 114 Å². The number of hydrogen-bond donors (Lipinski definition) is 2. The van der Waals surface area contributed by atoms with Crippen molar-refractivity contribution < 1.29 is 19.1 Å². The highest BCUT2D eigenvalue weighted by Gasteiger charge is 2.27. The lowest BCUT2D eigenvalue weighted by molar-refractivity contribution is -0.153. The van der Waals surface area contributed by atoms with Crippen molar-refractivity contribution >= 4 is 45.3 Å². The van der Waals surface area contributed by atoms with E-state index in [0.717, 1.165) is 4.47 Å². The molecular formula is C20H22BrN5O4. The number of nitrogens with zero attached hydrogens (tertiary/aromatic N) is 3. The van der Waals surface area contributed by atoms with E-state index in [4.69, 9.17) is 4.74 Å². The number of aromatic nitrogens is 2. The third-order valence-electron chi connectivity index (χ3n) is 4.60. The van der Waals surface area contributed by atoms with Gasteiger partial charge in [0.2, 0.25) is 11.9 Å². The van der Waals surface area contributed by atoms with E-state index >= 15 is 0 Å². The van der Waals surface area contributed by atoms with E-state index in [0.29, 0.717) is 37.6 Å². The number of carbonyl (C=O) groups is 3. The Morgan fingerprint density at radius 3 is 2.47 bits per heavy atom. The van der Waals surface area contributed by atoms with Crippen molar-refractivity contribution in [3.05, 3.63) is 47.2 Å². The van der Waals surface area contributed by atoms with Crippen LogP contribution in [0.1, 0.15) is 12.8 Å². The summed E-state index contributed by atoms with van der Waals surface area (Å²) >= 11 is 3.33. The molecule has 2 amide bonds. The second kappa shape index (κ2) is 10.7. The van der Waals surface area contributed by atoms with Gasteiger partial charge in [-0.2, -0.15) is 0 Å². The van der Waals surface area contributed by atoms with Crippen LogP contribution in [0.4, 0.5) is 11.6 Å². The zero-order valence-electron chi connectivity index (χ0n) is 16.2. The second-order valence-electron chi connectivity index (χ2n) is 6.72. The number of para-hydroxylation sites is 1. The van der Waals surface area contributed by atoms with E-state index in [1.165, 1.54) is 0 Å². The van der Waals surface area contributed by atoms with E-state index in [1.54, 1.807) is 36.7 Å². The molecular weight excluding hydrogens is 454 g/mol. The first-order chi connectivity index (χ1) is 14.5. The lowest BCUT2D eigenvalue weighted by Crippen LogP contribution is -2.39. The van der Waals surface area contributed by atoms with Gasteiger partial charge in [0.05, 0.1) is 18.2 Å². The highest BCUT2D eigenvalue weighted by Crippen LogP contribution is 2.22. The van der Waals surface area contributed by atoms with Crippen LogP contribution >= 0.6 is 15.9 Å². The van der Waals surface area contributed by atoms with Gasteiger partial charge in [-0.25, -0.2) is 9.97 Å². The molecule has 2 N–H and O–H groups in total. The maximum absolute atomic E-state index is 12.2. The molecule has 0 unspecified atom stereocenters. The summed E-state index contributed by atoms with van der Waals surface area (Å²) in [4.78, 5) is 46.5. The Labute approximate surface area is 182 Å². The predicted octanol–water partition coefficient (Wildman–Crippen LogP) is 1.75. The van der Waals surface area contributed by atoms with Gasteiger partial charge in [-0.05, 0) is 47.0 Å². The van der Waals surface area contributed by atoms with E-state index < -0.39 is 18.5 Å². The lowest BCUT2D eigenvalue weighted by Gasteiger charge is -2.30. The molecule has 0 radical (unpaired) electrons. The molecule has 1 aromatic heterocycles. The van der Waals surface area contributed by atoms with Crippen molar-refractivity contribution in [2.75, 3.05) is 36.5 Å². The molecule has 158 valence electrons. The molecule has 1 aromatic carbocycles. The summed E-state index contributed by atoms with van der Waals surface area (Å²) in [6.45, 7) is 0.659. The first-order valence-corrected chi connectivity index (χ1v) is 10.3. The van der Waals surface area contributed by atoms with Crippen molar-refractivity contribution in [2.24, 2.45) is 5.92 Å². The summed E-state index contributed by atoms with van der Waals surface area (Å²) in [6, 6.07) is 8.90. The van der Waals surface area contributed by atoms with Gasteiger partial charge in [0.25, 0.3) is 5.91 Å². The summed E-state index contributed by atoms with van der Waals surface area (Å²) in [5, 5.41) is 5.12. The van der Waals surface area contributed by atoms with Crippen LogP contribution in [-0.2, 0) is 19.1 Å². The standard InChI is InChI=1S/C20H22BrN5O4/c21-15-4-1-2-5-16(15)25-17(27)12-24-18(28)13-30-19(29)14-6-10-26(11-7-14)20-22-8-3-9-23-20/h1-5,8-9,14H,6-7,10-13H2,(H,24,28)(H,25,27). The zero-order valence-corrected chi connectivity index (χ0v) is 17.8. The largest absolute Gasteiger partial charge is 0.455 e. The molecule has 0 bridgehead atoms. The molecule has 0 atom stereocenters. The van der Waals surface area contributed by atoms with E-state index in [-0.39, 0.29) is 18.4 Å². The summed E-state index contributed by atoms with van der Waals surface area (Å²) in [5.41, 5.74) is 0.607.